The van der Waals surface area contributed by atoms with Crippen LogP contribution in [-0.4, -0.2) is 30.4 Å². The Morgan fingerprint density at radius 1 is 1.22 bits per heavy atom. The number of carbonyl (C=O) groups is 2. The van der Waals surface area contributed by atoms with Gasteiger partial charge in [0, 0.05) is 9.92 Å². The summed E-state index contributed by atoms with van der Waals surface area (Å²) in [5, 5.41) is 1.06. The van der Waals surface area contributed by atoms with Gasteiger partial charge in [-0.2, -0.15) is 0 Å². The van der Waals surface area contributed by atoms with Crippen molar-refractivity contribution >= 4 is 46.9 Å². The lowest BCUT2D eigenvalue weighted by molar-refractivity contribution is -0.166. The van der Waals surface area contributed by atoms with Crippen LogP contribution in [0, 0.1) is 17.8 Å². The minimum absolute atomic E-state index is 0.0441. The maximum absolute atomic E-state index is 12.1. The summed E-state index contributed by atoms with van der Waals surface area (Å²) in [7, 11) is 0. The molecule has 3 atom stereocenters. The molecular formula is C20H26Cl2O4S. The molecule has 0 spiro atoms. The van der Waals surface area contributed by atoms with E-state index < -0.39 is 11.9 Å². The molecule has 1 aromatic rings. The molecule has 2 rings (SSSR count). The average molecular weight is 433 g/mol. The van der Waals surface area contributed by atoms with Crippen LogP contribution >= 0.6 is 35.0 Å². The van der Waals surface area contributed by atoms with E-state index in [9.17, 15) is 9.59 Å². The number of halogens is 2. The lowest BCUT2D eigenvalue weighted by Crippen LogP contribution is -2.36. The second-order valence-electron chi connectivity index (χ2n) is 7.38. The van der Waals surface area contributed by atoms with Crippen LogP contribution in [0.4, 0.5) is 0 Å². The standard InChI is InChI=1S/C20H26Cl2O4S/c1-12(2)15-6-4-13(3)8-17(15)26-19(23)10-25-20(24)11-27-18-9-14(21)5-7-16(18)22/h5,7,9,12-13,15,17H,4,6,8,10-11H2,1-3H3. The molecule has 0 aliphatic heterocycles. The third kappa shape index (κ3) is 7.20. The molecule has 4 nitrogen and oxygen atoms in total. The van der Waals surface area contributed by atoms with Crippen LogP contribution in [0.3, 0.4) is 0 Å². The molecule has 0 bridgehead atoms. The van der Waals surface area contributed by atoms with E-state index in [2.05, 4.69) is 20.8 Å². The Hall–Kier alpha value is -0.910. The van der Waals surface area contributed by atoms with Gasteiger partial charge in [0.15, 0.2) is 6.61 Å². The Bertz CT molecular complexity index is 665. The Morgan fingerprint density at radius 3 is 2.67 bits per heavy atom. The molecule has 0 amide bonds. The molecule has 0 aromatic heterocycles. The smallest absolute Gasteiger partial charge is 0.344 e. The summed E-state index contributed by atoms with van der Waals surface area (Å²) in [6, 6.07) is 5.04. The van der Waals surface area contributed by atoms with Crippen LogP contribution in [-0.2, 0) is 19.1 Å². The van der Waals surface area contributed by atoms with E-state index in [1.165, 1.54) is 11.8 Å². The first-order valence-electron chi connectivity index (χ1n) is 9.19. The Kier molecular flexibility index (Phi) is 8.77. The number of ether oxygens (including phenoxy) is 2. The zero-order chi connectivity index (χ0) is 20.0. The van der Waals surface area contributed by atoms with Crippen molar-refractivity contribution < 1.29 is 19.1 Å². The summed E-state index contributed by atoms with van der Waals surface area (Å²) in [6.45, 7) is 6.12. The van der Waals surface area contributed by atoms with Crippen molar-refractivity contribution in [2.45, 2.75) is 51.0 Å². The van der Waals surface area contributed by atoms with Crippen LogP contribution in [0.5, 0.6) is 0 Å². The van der Waals surface area contributed by atoms with Gasteiger partial charge in [0.05, 0.1) is 10.8 Å². The molecule has 1 fully saturated rings. The normalized spacial score (nSPS) is 22.5. The quantitative estimate of drug-likeness (QED) is 0.412. The molecule has 3 unspecified atom stereocenters. The third-order valence-corrected chi connectivity index (χ3v) is 6.54. The zero-order valence-electron chi connectivity index (χ0n) is 15.9. The molecule has 1 aliphatic rings. The number of hydrogen-bond acceptors (Lipinski definition) is 5. The van der Waals surface area contributed by atoms with Crippen LogP contribution in [0.1, 0.15) is 40.0 Å². The molecule has 0 saturated heterocycles. The summed E-state index contributed by atoms with van der Waals surface area (Å²) >= 11 is 13.2. The summed E-state index contributed by atoms with van der Waals surface area (Å²) < 4.78 is 10.7. The van der Waals surface area contributed by atoms with Crippen molar-refractivity contribution in [3.05, 3.63) is 28.2 Å². The topological polar surface area (TPSA) is 52.6 Å². The SMILES string of the molecule is CC1CCC(C(C)C)C(OC(=O)COC(=O)CSc2cc(Cl)ccc2Cl)C1. The van der Waals surface area contributed by atoms with Crippen molar-refractivity contribution in [2.75, 3.05) is 12.4 Å². The first-order chi connectivity index (χ1) is 12.8. The highest BCUT2D eigenvalue weighted by Crippen LogP contribution is 2.35. The van der Waals surface area contributed by atoms with Crippen LogP contribution in [0.15, 0.2) is 23.1 Å². The van der Waals surface area contributed by atoms with Crippen molar-refractivity contribution in [3.63, 3.8) is 0 Å². The molecule has 27 heavy (non-hydrogen) atoms. The fourth-order valence-electron chi connectivity index (χ4n) is 3.36. The maximum atomic E-state index is 12.1. The lowest BCUT2D eigenvalue weighted by atomic mass is 9.75. The highest BCUT2D eigenvalue weighted by molar-refractivity contribution is 8.00. The molecule has 0 heterocycles. The van der Waals surface area contributed by atoms with Gasteiger partial charge < -0.3 is 9.47 Å². The summed E-state index contributed by atoms with van der Waals surface area (Å²) in [6.07, 6.45) is 2.99. The van der Waals surface area contributed by atoms with Gasteiger partial charge in [-0.05, 0) is 48.8 Å². The van der Waals surface area contributed by atoms with Gasteiger partial charge in [0.2, 0.25) is 0 Å². The predicted molar refractivity (Wildman–Crippen MR) is 109 cm³/mol. The van der Waals surface area contributed by atoms with Gasteiger partial charge in [-0.1, -0.05) is 50.4 Å². The fraction of sp³-hybridized carbons (Fsp3) is 0.600. The number of rotatable bonds is 7. The van der Waals surface area contributed by atoms with Crippen LogP contribution in [0.2, 0.25) is 10.0 Å². The van der Waals surface area contributed by atoms with Gasteiger partial charge >= 0.3 is 11.9 Å². The number of esters is 2. The minimum atomic E-state index is -0.495. The van der Waals surface area contributed by atoms with E-state index in [0.29, 0.717) is 32.7 Å². The fourth-order valence-corrected chi connectivity index (χ4v) is 4.65. The second-order valence-corrected chi connectivity index (χ2v) is 9.24. The molecule has 0 N–H and O–H groups in total. The molecule has 150 valence electrons. The molecular weight excluding hydrogens is 407 g/mol. The van der Waals surface area contributed by atoms with Crippen LogP contribution < -0.4 is 0 Å². The van der Waals surface area contributed by atoms with Gasteiger partial charge in [0.25, 0.3) is 0 Å². The van der Waals surface area contributed by atoms with E-state index in [1.54, 1.807) is 18.2 Å². The zero-order valence-corrected chi connectivity index (χ0v) is 18.2. The summed E-state index contributed by atoms with van der Waals surface area (Å²) in [5.41, 5.74) is 0. The Labute approximate surface area is 175 Å². The predicted octanol–water partition coefficient (Wildman–Crippen LogP) is 5.63. The number of hydrogen-bond donors (Lipinski definition) is 0. The monoisotopic (exact) mass is 432 g/mol. The Balaban J connectivity index is 1.77. The van der Waals surface area contributed by atoms with Gasteiger partial charge in [-0.15, -0.1) is 11.8 Å². The lowest BCUT2D eigenvalue weighted by Gasteiger charge is -2.36. The third-order valence-electron chi connectivity index (χ3n) is 4.83. The summed E-state index contributed by atoms with van der Waals surface area (Å²) in [4.78, 5) is 24.7. The van der Waals surface area contributed by atoms with Gasteiger partial charge in [-0.3, -0.25) is 4.79 Å². The van der Waals surface area contributed by atoms with E-state index in [1.807, 2.05) is 0 Å². The number of carbonyl (C=O) groups excluding carboxylic acids is 2. The van der Waals surface area contributed by atoms with E-state index in [0.717, 1.165) is 19.3 Å². The molecule has 1 aromatic carbocycles. The summed E-state index contributed by atoms with van der Waals surface area (Å²) in [5.74, 6) is 0.421. The maximum Gasteiger partial charge on any atom is 0.344 e. The highest BCUT2D eigenvalue weighted by Gasteiger charge is 2.33. The molecule has 1 aliphatic carbocycles. The first-order valence-corrected chi connectivity index (χ1v) is 10.9. The first kappa shape index (κ1) is 22.4. The van der Waals surface area contributed by atoms with E-state index in [-0.39, 0.29) is 18.5 Å². The van der Waals surface area contributed by atoms with Gasteiger partial charge in [-0.25, -0.2) is 4.79 Å². The van der Waals surface area contributed by atoms with Crippen molar-refractivity contribution in [1.82, 2.24) is 0 Å². The molecule has 0 radical (unpaired) electrons. The molecule has 1 saturated carbocycles. The van der Waals surface area contributed by atoms with Gasteiger partial charge in [0.1, 0.15) is 6.10 Å². The van der Waals surface area contributed by atoms with Crippen molar-refractivity contribution in [1.29, 1.82) is 0 Å². The largest absolute Gasteiger partial charge is 0.460 e. The van der Waals surface area contributed by atoms with Crippen molar-refractivity contribution in [2.24, 2.45) is 17.8 Å². The highest BCUT2D eigenvalue weighted by atomic mass is 35.5. The molecule has 7 heteroatoms. The second kappa shape index (κ2) is 10.6. The van der Waals surface area contributed by atoms with E-state index in [4.69, 9.17) is 32.7 Å². The number of thioether (sulfide) groups is 1. The number of benzene rings is 1. The van der Waals surface area contributed by atoms with E-state index >= 15 is 0 Å². The van der Waals surface area contributed by atoms with Crippen LogP contribution in [0.25, 0.3) is 0 Å². The average Bonchev–Trinajstić information content (AvgIpc) is 2.60. The minimum Gasteiger partial charge on any atom is -0.460 e. The van der Waals surface area contributed by atoms with Crippen molar-refractivity contribution in [3.8, 4) is 0 Å². The Morgan fingerprint density at radius 2 is 1.96 bits per heavy atom.